The van der Waals surface area contributed by atoms with E-state index < -0.39 is 0 Å². The summed E-state index contributed by atoms with van der Waals surface area (Å²) in [7, 11) is 1.60. The van der Waals surface area contributed by atoms with Crippen LogP contribution in [0.1, 0.15) is 5.56 Å². The molecule has 0 radical (unpaired) electrons. The summed E-state index contributed by atoms with van der Waals surface area (Å²) in [5.41, 5.74) is 1.11. The molecular formula is C15H21IN2O4. The second-order valence-corrected chi connectivity index (χ2v) is 5.59. The molecule has 0 atom stereocenters. The SMILES string of the molecule is COc1cc(CNCI)ccc1OCC(=O)N1CCOCC1. The first kappa shape index (κ1) is 17.3. The average molecular weight is 420 g/mol. The smallest absolute Gasteiger partial charge is 0.260 e. The lowest BCUT2D eigenvalue weighted by Gasteiger charge is -2.26. The number of halogens is 1. The van der Waals surface area contributed by atoms with E-state index >= 15 is 0 Å². The van der Waals surface area contributed by atoms with Crippen LogP contribution < -0.4 is 14.8 Å². The van der Waals surface area contributed by atoms with Gasteiger partial charge in [-0.2, -0.15) is 0 Å². The molecule has 0 bridgehead atoms. The number of hydrogen-bond acceptors (Lipinski definition) is 5. The van der Waals surface area contributed by atoms with E-state index in [-0.39, 0.29) is 12.5 Å². The quantitative estimate of drug-likeness (QED) is 0.411. The standard InChI is InChI=1S/C15H21IN2O4/c1-20-14-8-12(9-17-11-16)2-3-13(14)22-10-15(19)18-4-6-21-7-5-18/h2-3,8,17H,4-7,9-11H2,1H3. The van der Waals surface area contributed by atoms with Gasteiger partial charge in [-0.05, 0) is 17.7 Å². The first-order valence-corrected chi connectivity index (χ1v) is 8.69. The molecule has 7 heteroatoms. The fourth-order valence-corrected chi connectivity index (χ4v) is 2.45. The minimum absolute atomic E-state index is 0.0156. The zero-order chi connectivity index (χ0) is 15.8. The molecule has 2 rings (SSSR count). The van der Waals surface area contributed by atoms with E-state index in [2.05, 4.69) is 27.9 Å². The van der Waals surface area contributed by atoms with Gasteiger partial charge in [-0.1, -0.05) is 28.7 Å². The van der Waals surface area contributed by atoms with Crippen molar-refractivity contribution in [3.8, 4) is 11.5 Å². The van der Waals surface area contributed by atoms with Crippen LogP contribution >= 0.6 is 22.6 Å². The van der Waals surface area contributed by atoms with E-state index in [0.29, 0.717) is 37.8 Å². The number of rotatable bonds is 7. The van der Waals surface area contributed by atoms with Gasteiger partial charge >= 0.3 is 0 Å². The monoisotopic (exact) mass is 420 g/mol. The van der Waals surface area contributed by atoms with Crippen molar-refractivity contribution in [2.24, 2.45) is 0 Å². The lowest BCUT2D eigenvalue weighted by Crippen LogP contribution is -2.43. The van der Waals surface area contributed by atoms with Gasteiger partial charge in [0.05, 0.1) is 20.3 Å². The summed E-state index contributed by atoms with van der Waals surface area (Å²) in [6.45, 7) is 3.22. The minimum atomic E-state index is -0.0268. The predicted molar refractivity (Wildman–Crippen MR) is 91.6 cm³/mol. The third-order valence-corrected chi connectivity index (χ3v) is 3.91. The summed E-state index contributed by atoms with van der Waals surface area (Å²) in [6, 6.07) is 5.74. The lowest BCUT2D eigenvalue weighted by atomic mass is 10.2. The van der Waals surface area contributed by atoms with Crippen molar-refractivity contribution in [2.45, 2.75) is 6.54 Å². The Bertz CT molecular complexity index is 492. The number of amides is 1. The van der Waals surface area contributed by atoms with Gasteiger partial charge in [0.15, 0.2) is 18.1 Å². The summed E-state index contributed by atoms with van der Waals surface area (Å²) in [6.07, 6.45) is 0. The van der Waals surface area contributed by atoms with Crippen LogP contribution in [0.25, 0.3) is 0 Å². The minimum Gasteiger partial charge on any atom is -0.493 e. The molecule has 1 aliphatic rings. The maximum absolute atomic E-state index is 12.1. The van der Waals surface area contributed by atoms with E-state index in [4.69, 9.17) is 14.2 Å². The third-order valence-electron chi connectivity index (χ3n) is 3.37. The largest absolute Gasteiger partial charge is 0.493 e. The van der Waals surface area contributed by atoms with Gasteiger partial charge in [-0.25, -0.2) is 0 Å². The highest BCUT2D eigenvalue weighted by molar-refractivity contribution is 14.1. The van der Waals surface area contributed by atoms with Crippen molar-refractivity contribution >= 4 is 28.5 Å². The van der Waals surface area contributed by atoms with Gasteiger partial charge in [-0.15, -0.1) is 0 Å². The highest BCUT2D eigenvalue weighted by atomic mass is 127. The van der Waals surface area contributed by atoms with Crippen LogP contribution in [0, 0.1) is 0 Å². The van der Waals surface area contributed by atoms with Crippen molar-refractivity contribution in [1.29, 1.82) is 0 Å². The normalized spacial score (nSPS) is 14.7. The zero-order valence-electron chi connectivity index (χ0n) is 12.6. The van der Waals surface area contributed by atoms with E-state index in [9.17, 15) is 4.79 Å². The van der Waals surface area contributed by atoms with Gasteiger partial charge in [0.25, 0.3) is 5.91 Å². The van der Waals surface area contributed by atoms with Crippen LogP contribution in [0.3, 0.4) is 0 Å². The van der Waals surface area contributed by atoms with Crippen LogP contribution in [0.2, 0.25) is 0 Å². The van der Waals surface area contributed by atoms with Gasteiger partial charge in [0, 0.05) is 24.2 Å². The molecule has 1 aromatic carbocycles. The molecule has 0 spiro atoms. The molecule has 6 nitrogen and oxygen atoms in total. The number of carbonyl (C=O) groups is 1. The number of methoxy groups -OCH3 is 1. The average Bonchev–Trinajstić information content (AvgIpc) is 2.58. The van der Waals surface area contributed by atoms with Crippen LogP contribution in [-0.2, 0) is 16.1 Å². The topological polar surface area (TPSA) is 60.0 Å². The summed E-state index contributed by atoms with van der Waals surface area (Å²) >= 11 is 2.26. The first-order chi connectivity index (χ1) is 10.7. The summed E-state index contributed by atoms with van der Waals surface area (Å²) < 4.78 is 17.1. The molecule has 22 heavy (non-hydrogen) atoms. The van der Waals surface area contributed by atoms with E-state index in [1.165, 1.54) is 0 Å². The number of ether oxygens (including phenoxy) is 3. The zero-order valence-corrected chi connectivity index (χ0v) is 14.8. The van der Waals surface area contributed by atoms with Crippen molar-refractivity contribution in [1.82, 2.24) is 10.2 Å². The number of nitrogens with one attached hydrogen (secondary N) is 1. The number of alkyl halides is 1. The van der Waals surface area contributed by atoms with Gasteiger partial charge in [-0.3, -0.25) is 4.79 Å². The van der Waals surface area contributed by atoms with E-state index in [0.717, 1.165) is 16.7 Å². The molecule has 1 amide bonds. The maximum Gasteiger partial charge on any atom is 0.260 e. The van der Waals surface area contributed by atoms with Crippen LogP contribution in [-0.4, -0.2) is 55.4 Å². The molecule has 0 aliphatic carbocycles. The first-order valence-electron chi connectivity index (χ1n) is 7.16. The third kappa shape index (κ3) is 4.99. The maximum atomic E-state index is 12.1. The summed E-state index contributed by atoms with van der Waals surface area (Å²) in [5, 5.41) is 3.25. The van der Waals surface area contributed by atoms with Crippen LogP contribution in [0.15, 0.2) is 18.2 Å². The fourth-order valence-electron chi connectivity index (χ4n) is 2.18. The number of benzene rings is 1. The Hall–Kier alpha value is -1.06. The lowest BCUT2D eigenvalue weighted by molar-refractivity contribution is -0.137. The number of morpholine rings is 1. The van der Waals surface area contributed by atoms with E-state index in [1.807, 2.05) is 18.2 Å². The Morgan fingerprint density at radius 2 is 2.14 bits per heavy atom. The van der Waals surface area contributed by atoms with E-state index in [1.54, 1.807) is 12.0 Å². The predicted octanol–water partition coefficient (Wildman–Crippen LogP) is 1.41. The van der Waals surface area contributed by atoms with Crippen molar-refractivity contribution in [3.63, 3.8) is 0 Å². The van der Waals surface area contributed by atoms with Crippen molar-refractivity contribution in [2.75, 3.05) is 44.6 Å². The fraction of sp³-hybridized carbons (Fsp3) is 0.533. The molecule has 1 heterocycles. The van der Waals surface area contributed by atoms with Gasteiger partial charge < -0.3 is 24.4 Å². The molecule has 0 saturated carbocycles. The Kier molecular flexibility index (Phi) is 7.20. The number of carbonyl (C=O) groups excluding carboxylic acids is 1. The highest BCUT2D eigenvalue weighted by Gasteiger charge is 2.18. The second-order valence-electron chi connectivity index (χ2n) is 4.83. The molecule has 1 fully saturated rings. The number of hydrogen-bond donors (Lipinski definition) is 1. The molecule has 122 valence electrons. The van der Waals surface area contributed by atoms with Gasteiger partial charge in [0.2, 0.25) is 0 Å². The molecule has 0 unspecified atom stereocenters. The Morgan fingerprint density at radius 1 is 1.36 bits per heavy atom. The molecule has 1 aliphatic heterocycles. The van der Waals surface area contributed by atoms with Crippen molar-refractivity contribution < 1.29 is 19.0 Å². The molecular weight excluding hydrogens is 399 g/mol. The highest BCUT2D eigenvalue weighted by Crippen LogP contribution is 2.28. The Balaban J connectivity index is 1.92. The summed E-state index contributed by atoms with van der Waals surface area (Å²) in [4.78, 5) is 13.8. The Morgan fingerprint density at radius 3 is 2.82 bits per heavy atom. The van der Waals surface area contributed by atoms with Gasteiger partial charge in [0.1, 0.15) is 0 Å². The van der Waals surface area contributed by atoms with Crippen LogP contribution in [0.4, 0.5) is 0 Å². The molecule has 1 aromatic rings. The molecule has 1 saturated heterocycles. The molecule has 0 aromatic heterocycles. The Labute approximate surface area is 144 Å². The number of nitrogens with zero attached hydrogens (tertiary/aromatic N) is 1. The van der Waals surface area contributed by atoms with Crippen molar-refractivity contribution in [3.05, 3.63) is 23.8 Å². The van der Waals surface area contributed by atoms with Crippen LogP contribution in [0.5, 0.6) is 11.5 Å². The second kappa shape index (κ2) is 9.16. The summed E-state index contributed by atoms with van der Waals surface area (Å²) in [5.74, 6) is 1.20. The molecule has 1 N–H and O–H groups in total.